The molecule has 0 aliphatic heterocycles. The van der Waals surface area contributed by atoms with Gasteiger partial charge in [0.05, 0.1) is 11.9 Å². The van der Waals surface area contributed by atoms with E-state index in [9.17, 15) is 32.3 Å². The SMILES string of the molecule is CCCCCCCCCC(=O)N/C(=C/c1ccc(OCc2cc(OCC(F)(F)F)ccn2)cc1)CCP(=O)(O)O. The van der Waals surface area contributed by atoms with E-state index in [1.54, 1.807) is 30.3 Å². The third kappa shape index (κ3) is 15.6. The first-order valence-electron chi connectivity index (χ1n) is 13.4. The number of carbonyl (C=O) groups is 1. The van der Waals surface area contributed by atoms with Crippen molar-refractivity contribution in [1.29, 1.82) is 0 Å². The normalized spacial score (nSPS) is 12.3. The van der Waals surface area contributed by atoms with Gasteiger partial charge in [0.25, 0.3) is 0 Å². The summed E-state index contributed by atoms with van der Waals surface area (Å²) in [7, 11) is -4.25. The Morgan fingerprint density at radius 1 is 0.975 bits per heavy atom. The molecule has 222 valence electrons. The van der Waals surface area contributed by atoms with Crippen LogP contribution in [0.4, 0.5) is 13.2 Å². The molecule has 2 aromatic rings. The summed E-state index contributed by atoms with van der Waals surface area (Å²) >= 11 is 0. The van der Waals surface area contributed by atoms with Crippen LogP contribution in [0.2, 0.25) is 0 Å². The molecule has 8 nitrogen and oxygen atoms in total. The van der Waals surface area contributed by atoms with E-state index >= 15 is 0 Å². The molecular formula is C28H38F3N2O6P. The van der Waals surface area contributed by atoms with E-state index in [1.165, 1.54) is 37.6 Å². The summed E-state index contributed by atoms with van der Waals surface area (Å²) in [6.45, 7) is 0.761. The number of alkyl halides is 3. The zero-order valence-electron chi connectivity index (χ0n) is 22.7. The summed E-state index contributed by atoms with van der Waals surface area (Å²) in [4.78, 5) is 35.1. The molecule has 0 atom stereocenters. The van der Waals surface area contributed by atoms with E-state index in [-0.39, 0.29) is 24.7 Å². The molecule has 3 N–H and O–H groups in total. The highest BCUT2D eigenvalue weighted by Gasteiger charge is 2.28. The number of hydrogen-bond donors (Lipinski definition) is 3. The average molecular weight is 587 g/mol. The maximum atomic E-state index is 12.5. The quantitative estimate of drug-likeness (QED) is 0.130. The first-order chi connectivity index (χ1) is 18.9. The lowest BCUT2D eigenvalue weighted by Gasteiger charge is -2.12. The number of pyridine rings is 1. The molecule has 0 unspecified atom stereocenters. The van der Waals surface area contributed by atoms with Gasteiger partial charge in [-0.15, -0.1) is 0 Å². The van der Waals surface area contributed by atoms with Gasteiger partial charge in [-0.2, -0.15) is 13.2 Å². The van der Waals surface area contributed by atoms with E-state index in [0.29, 0.717) is 29.1 Å². The number of ether oxygens (including phenoxy) is 2. The zero-order chi connectivity index (χ0) is 29.4. The van der Waals surface area contributed by atoms with Crippen LogP contribution in [0, 0.1) is 0 Å². The van der Waals surface area contributed by atoms with Gasteiger partial charge in [-0.3, -0.25) is 14.3 Å². The number of hydrogen-bond acceptors (Lipinski definition) is 5. The van der Waals surface area contributed by atoms with Crippen molar-refractivity contribution < 1.29 is 41.8 Å². The number of nitrogens with one attached hydrogen (secondary N) is 1. The van der Waals surface area contributed by atoms with Gasteiger partial charge < -0.3 is 24.6 Å². The van der Waals surface area contributed by atoms with E-state index in [4.69, 9.17) is 9.47 Å². The minimum Gasteiger partial charge on any atom is -0.487 e. The average Bonchev–Trinajstić information content (AvgIpc) is 2.89. The highest BCUT2D eigenvalue weighted by atomic mass is 31.2. The Hall–Kier alpha value is -2.88. The zero-order valence-corrected chi connectivity index (χ0v) is 23.6. The van der Waals surface area contributed by atoms with Crippen molar-refractivity contribution in [2.45, 2.75) is 77.5 Å². The summed E-state index contributed by atoms with van der Waals surface area (Å²) in [5.41, 5.74) is 1.47. The molecule has 0 fully saturated rings. The van der Waals surface area contributed by atoms with Crippen molar-refractivity contribution in [3.8, 4) is 11.5 Å². The maximum absolute atomic E-state index is 12.5. The lowest BCUT2D eigenvalue weighted by molar-refractivity contribution is -0.153. The monoisotopic (exact) mass is 586 g/mol. The second kappa shape index (κ2) is 17.0. The molecule has 1 heterocycles. The van der Waals surface area contributed by atoms with Gasteiger partial charge in [-0.25, -0.2) is 0 Å². The van der Waals surface area contributed by atoms with Gasteiger partial charge in [0.2, 0.25) is 5.91 Å². The molecule has 0 aliphatic rings. The summed E-state index contributed by atoms with van der Waals surface area (Å²) in [5.74, 6) is 0.308. The van der Waals surface area contributed by atoms with Crippen LogP contribution >= 0.6 is 7.60 Å². The number of halogens is 3. The first-order valence-corrected chi connectivity index (χ1v) is 15.2. The highest BCUT2D eigenvalue weighted by Crippen LogP contribution is 2.36. The van der Waals surface area contributed by atoms with Crippen LogP contribution in [0.15, 0.2) is 48.3 Å². The third-order valence-electron chi connectivity index (χ3n) is 5.78. The predicted molar refractivity (Wildman–Crippen MR) is 147 cm³/mol. The Balaban J connectivity index is 1.93. The van der Waals surface area contributed by atoms with Gasteiger partial charge in [0.15, 0.2) is 6.61 Å². The van der Waals surface area contributed by atoms with Gasteiger partial charge in [0, 0.05) is 24.4 Å². The van der Waals surface area contributed by atoms with Gasteiger partial charge in [-0.05, 0) is 42.7 Å². The molecule has 1 amide bonds. The van der Waals surface area contributed by atoms with Crippen LogP contribution < -0.4 is 14.8 Å². The minimum absolute atomic E-state index is 0.000595. The van der Waals surface area contributed by atoms with Crippen LogP contribution in [-0.2, 0) is 16.0 Å². The van der Waals surface area contributed by atoms with Crippen molar-refractivity contribution >= 4 is 19.6 Å². The number of nitrogens with zero attached hydrogens (tertiary/aromatic N) is 1. The fourth-order valence-electron chi connectivity index (χ4n) is 3.73. The summed E-state index contributed by atoms with van der Waals surface area (Å²) in [5, 5.41) is 2.79. The number of rotatable bonds is 18. The molecule has 0 aliphatic carbocycles. The number of unbranched alkanes of at least 4 members (excludes halogenated alkanes) is 6. The van der Waals surface area contributed by atoms with E-state index in [1.807, 2.05) is 0 Å². The Morgan fingerprint density at radius 2 is 1.65 bits per heavy atom. The van der Waals surface area contributed by atoms with Crippen LogP contribution in [0.3, 0.4) is 0 Å². The van der Waals surface area contributed by atoms with Gasteiger partial charge in [-0.1, -0.05) is 57.6 Å². The molecule has 0 spiro atoms. The molecule has 2 rings (SSSR count). The highest BCUT2D eigenvalue weighted by molar-refractivity contribution is 7.51. The first kappa shape index (κ1) is 33.3. The fraction of sp³-hybridized carbons (Fsp3) is 0.500. The van der Waals surface area contributed by atoms with Crippen molar-refractivity contribution in [2.24, 2.45) is 0 Å². The lowest BCUT2D eigenvalue weighted by atomic mass is 10.1. The standard InChI is InChI=1S/C28H38F3N2O6P/c1-2-3-4-5-6-7-8-9-27(34)33-23(15-17-40(35,36)37)18-22-10-12-25(13-11-22)38-20-24-19-26(14-16-32-24)39-21-28(29,30)31/h10-14,16,18-19H,2-9,15,17,20-21H2,1H3,(H,33,34)(H2,35,36,37)/b23-18+. The topological polar surface area (TPSA) is 118 Å². The summed E-state index contributed by atoms with van der Waals surface area (Å²) in [6.07, 6.45) is 6.04. The number of amides is 1. The van der Waals surface area contributed by atoms with Gasteiger partial charge in [0.1, 0.15) is 18.1 Å². The van der Waals surface area contributed by atoms with Gasteiger partial charge >= 0.3 is 13.8 Å². The Morgan fingerprint density at radius 3 is 2.30 bits per heavy atom. The predicted octanol–water partition coefficient (Wildman–Crippen LogP) is 6.77. The van der Waals surface area contributed by atoms with Crippen molar-refractivity contribution in [1.82, 2.24) is 10.3 Å². The van der Waals surface area contributed by atoms with Crippen molar-refractivity contribution in [2.75, 3.05) is 12.8 Å². The van der Waals surface area contributed by atoms with Crippen molar-refractivity contribution in [3.63, 3.8) is 0 Å². The molecule has 40 heavy (non-hydrogen) atoms. The molecular weight excluding hydrogens is 548 g/mol. The van der Waals surface area contributed by atoms with Crippen molar-refractivity contribution in [3.05, 3.63) is 59.5 Å². The smallest absolute Gasteiger partial charge is 0.422 e. The summed E-state index contributed by atoms with van der Waals surface area (Å²) in [6, 6.07) is 9.45. The Kier molecular flexibility index (Phi) is 14.2. The van der Waals surface area contributed by atoms with Crippen LogP contribution in [0.1, 0.15) is 76.0 Å². The number of carbonyl (C=O) groups excluding carboxylic acids is 1. The van der Waals surface area contributed by atoms with E-state index in [2.05, 4.69) is 17.2 Å². The fourth-order valence-corrected chi connectivity index (χ4v) is 4.26. The van der Waals surface area contributed by atoms with E-state index < -0.39 is 26.5 Å². The molecule has 0 saturated heterocycles. The molecule has 12 heteroatoms. The molecule has 1 aromatic heterocycles. The Bertz CT molecular complexity index is 1120. The second-order valence-corrected chi connectivity index (χ2v) is 11.2. The molecule has 0 radical (unpaired) electrons. The number of allylic oxidation sites excluding steroid dienone is 1. The van der Waals surface area contributed by atoms with Crippen LogP contribution in [0.25, 0.3) is 6.08 Å². The van der Waals surface area contributed by atoms with E-state index in [0.717, 1.165) is 25.7 Å². The second-order valence-electron chi connectivity index (χ2n) is 9.47. The largest absolute Gasteiger partial charge is 0.487 e. The lowest BCUT2D eigenvalue weighted by Crippen LogP contribution is -2.23. The molecule has 1 aromatic carbocycles. The summed E-state index contributed by atoms with van der Waals surface area (Å²) < 4.78 is 58.9. The Labute approximate surface area is 233 Å². The van der Waals surface area contributed by atoms with Crippen LogP contribution in [0.5, 0.6) is 11.5 Å². The third-order valence-corrected chi connectivity index (χ3v) is 6.58. The maximum Gasteiger partial charge on any atom is 0.422 e. The molecule has 0 saturated carbocycles. The van der Waals surface area contributed by atoms with Crippen LogP contribution in [-0.4, -0.2) is 39.6 Å². The molecule has 0 bridgehead atoms. The number of benzene rings is 1. The minimum atomic E-state index is -4.44. The number of aromatic nitrogens is 1.